The van der Waals surface area contributed by atoms with Crippen LogP contribution >= 0.6 is 0 Å². The van der Waals surface area contributed by atoms with Crippen LogP contribution in [0.5, 0.6) is 0 Å². The zero-order chi connectivity index (χ0) is 13.8. The Morgan fingerprint density at radius 1 is 1.47 bits per heavy atom. The fourth-order valence-corrected chi connectivity index (χ4v) is 2.82. The molecule has 19 heavy (non-hydrogen) atoms. The number of likely N-dealkylation sites (tertiary alicyclic amines) is 1. The highest BCUT2D eigenvalue weighted by molar-refractivity contribution is 5.80. The van der Waals surface area contributed by atoms with Crippen LogP contribution in [0.25, 0.3) is 0 Å². The smallest absolute Gasteiger partial charge is 0.307 e. The molecule has 1 fully saturated rings. The molecule has 5 nitrogen and oxygen atoms in total. The van der Waals surface area contributed by atoms with Gasteiger partial charge in [0.1, 0.15) is 0 Å². The molecule has 0 saturated carbocycles. The van der Waals surface area contributed by atoms with Gasteiger partial charge in [-0.05, 0) is 38.6 Å². The average Bonchev–Trinajstić information content (AvgIpc) is 2.92. The number of amides is 1. The lowest BCUT2D eigenvalue weighted by atomic mass is 9.98. The molecule has 0 spiro atoms. The number of hydrogen-bond acceptors (Lipinski definition) is 3. The van der Waals surface area contributed by atoms with Crippen LogP contribution in [0.1, 0.15) is 32.1 Å². The van der Waals surface area contributed by atoms with Crippen molar-refractivity contribution in [2.45, 2.75) is 32.1 Å². The first-order chi connectivity index (χ1) is 9.08. The number of likely N-dealkylation sites (N-methyl/N-ethyl adjacent to an activating group) is 1. The number of carboxylic acids is 1. The summed E-state index contributed by atoms with van der Waals surface area (Å²) < 4.78 is 0. The zero-order valence-electron chi connectivity index (χ0n) is 11.5. The topological polar surface area (TPSA) is 60.9 Å². The first kappa shape index (κ1) is 14.1. The van der Waals surface area contributed by atoms with Gasteiger partial charge in [-0.25, -0.2) is 0 Å². The van der Waals surface area contributed by atoms with Crippen molar-refractivity contribution in [2.75, 3.05) is 26.7 Å². The van der Waals surface area contributed by atoms with Gasteiger partial charge < -0.3 is 10.0 Å². The van der Waals surface area contributed by atoms with Crippen molar-refractivity contribution in [1.29, 1.82) is 0 Å². The predicted octanol–water partition coefficient (Wildman–Crippen LogP) is 1.31. The van der Waals surface area contributed by atoms with Crippen molar-refractivity contribution in [2.24, 2.45) is 5.92 Å². The molecule has 106 valence electrons. The molecule has 5 heteroatoms. The molecule has 1 heterocycles. The third kappa shape index (κ3) is 3.56. The number of aliphatic carboxylic acids is 1. The molecule has 1 amide bonds. The molecule has 2 aliphatic rings. The molecular weight excluding hydrogens is 244 g/mol. The summed E-state index contributed by atoms with van der Waals surface area (Å²) in [6.45, 7) is 1.65. The van der Waals surface area contributed by atoms with Crippen molar-refractivity contribution in [3.63, 3.8) is 0 Å². The fraction of sp³-hybridized carbons (Fsp3) is 0.714. The van der Waals surface area contributed by atoms with E-state index < -0.39 is 5.97 Å². The number of nitrogens with zero attached hydrogens (tertiary/aromatic N) is 2. The molecule has 1 unspecified atom stereocenters. The summed E-state index contributed by atoms with van der Waals surface area (Å²) in [7, 11) is 1.82. The number of carbonyl (C=O) groups excluding carboxylic acids is 1. The highest BCUT2D eigenvalue weighted by Gasteiger charge is 2.27. The second-order valence-corrected chi connectivity index (χ2v) is 5.45. The Morgan fingerprint density at radius 2 is 2.26 bits per heavy atom. The summed E-state index contributed by atoms with van der Waals surface area (Å²) in [5, 5.41) is 9.04. The van der Waals surface area contributed by atoms with Gasteiger partial charge in [0.2, 0.25) is 5.91 Å². The summed E-state index contributed by atoms with van der Waals surface area (Å²) in [4.78, 5) is 26.9. The zero-order valence-corrected chi connectivity index (χ0v) is 11.5. The van der Waals surface area contributed by atoms with Crippen LogP contribution < -0.4 is 0 Å². The van der Waals surface area contributed by atoms with Gasteiger partial charge in [-0.2, -0.15) is 0 Å². The Balaban J connectivity index is 1.86. The molecule has 0 bridgehead atoms. The highest BCUT2D eigenvalue weighted by Crippen LogP contribution is 2.21. The van der Waals surface area contributed by atoms with Gasteiger partial charge in [-0.15, -0.1) is 0 Å². The molecule has 1 atom stereocenters. The van der Waals surface area contributed by atoms with E-state index in [-0.39, 0.29) is 11.8 Å². The van der Waals surface area contributed by atoms with Crippen molar-refractivity contribution < 1.29 is 14.7 Å². The summed E-state index contributed by atoms with van der Waals surface area (Å²) in [6.07, 6.45) is 6.85. The Morgan fingerprint density at radius 3 is 2.89 bits per heavy atom. The maximum atomic E-state index is 12.2. The monoisotopic (exact) mass is 266 g/mol. The molecule has 0 aromatic carbocycles. The van der Waals surface area contributed by atoms with E-state index in [2.05, 4.69) is 6.08 Å². The van der Waals surface area contributed by atoms with Gasteiger partial charge in [0.15, 0.2) is 0 Å². The van der Waals surface area contributed by atoms with Crippen molar-refractivity contribution in [3.05, 3.63) is 11.8 Å². The van der Waals surface area contributed by atoms with E-state index in [1.807, 2.05) is 11.9 Å². The SMILES string of the molecule is CN(C(=O)CN1CCCC(C(=O)O)C1)C1=CCCC1. The fourth-order valence-electron chi connectivity index (χ4n) is 2.82. The number of carboxylic acid groups (broad SMARTS) is 1. The van der Waals surface area contributed by atoms with E-state index in [9.17, 15) is 9.59 Å². The Labute approximate surface area is 113 Å². The average molecular weight is 266 g/mol. The third-order valence-electron chi connectivity index (χ3n) is 4.04. The largest absolute Gasteiger partial charge is 0.481 e. The van der Waals surface area contributed by atoms with Gasteiger partial charge in [0, 0.05) is 19.3 Å². The Bertz CT molecular complexity index is 392. The normalized spacial score (nSPS) is 24.1. The molecule has 1 aliphatic carbocycles. The van der Waals surface area contributed by atoms with E-state index in [1.54, 1.807) is 4.90 Å². The number of hydrogen-bond donors (Lipinski definition) is 1. The quantitative estimate of drug-likeness (QED) is 0.833. The maximum absolute atomic E-state index is 12.2. The molecule has 1 saturated heterocycles. The lowest BCUT2D eigenvalue weighted by Crippen LogP contribution is -2.44. The number of allylic oxidation sites excluding steroid dienone is 2. The minimum Gasteiger partial charge on any atom is -0.481 e. The minimum absolute atomic E-state index is 0.0687. The molecule has 0 aromatic heterocycles. The summed E-state index contributed by atoms with van der Waals surface area (Å²) in [5.41, 5.74) is 1.11. The maximum Gasteiger partial charge on any atom is 0.307 e. The summed E-state index contributed by atoms with van der Waals surface area (Å²) >= 11 is 0. The molecule has 1 aliphatic heterocycles. The summed E-state index contributed by atoms with van der Waals surface area (Å²) in [6, 6.07) is 0. The Hall–Kier alpha value is -1.36. The van der Waals surface area contributed by atoms with E-state index in [4.69, 9.17) is 5.11 Å². The van der Waals surface area contributed by atoms with E-state index in [0.29, 0.717) is 13.1 Å². The van der Waals surface area contributed by atoms with Crippen LogP contribution in [-0.2, 0) is 9.59 Å². The van der Waals surface area contributed by atoms with Crippen LogP contribution in [-0.4, -0.2) is 53.5 Å². The second-order valence-electron chi connectivity index (χ2n) is 5.45. The highest BCUT2D eigenvalue weighted by atomic mass is 16.4. The molecule has 1 N–H and O–H groups in total. The second kappa shape index (κ2) is 6.19. The molecule has 0 radical (unpaired) electrons. The summed E-state index contributed by atoms with van der Waals surface area (Å²) in [5.74, 6) is -0.999. The van der Waals surface area contributed by atoms with Gasteiger partial charge in [-0.3, -0.25) is 14.5 Å². The lowest BCUT2D eigenvalue weighted by Gasteiger charge is -2.31. The molecule has 0 aromatic rings. The minimum atomic E-state index is -0.746. The van der Waals surface area contributed by atoms with Gasteiger partial charge in [0.25, 0.3) is 0 Å². The standard InChI is InChI=1S/C14H22N2O3/c1-15(12-6-2-3-7-12)13(17)10-16-8-4-5-11(9-16)14(18)19/h6,11H,2-5,7-10H2,1H3,(H,18,19). The van der Waals surface area contributed by atoms with Crippen LogP contribution in [0.2, 0.25) is 0 Å². The van der Waals surface area contributed by atoms with E-state index in [0.717, 1.165) is 44.3 Å². The van der Waals surface area contributed by atoms with Gasteiger partial charge in [0.05, 0.1) is 12.5 Å². The van der Waals surface area contributed by atoms with Gasteiger partial charge >= 0.3 is 5.97 Å². The van der Waals surface area contributed by atoms with Crippen LogP contribution in [0.3, 0.4) is 0 Å². The molecular formula is C14H22N2O3. The number of carbonyl (C=O) groups is 2. The predicted molar refractivity (Wildman–Crippen MR) is 71.5 cm³/mol. The third-order valence-corrected chi connectivity index (χ3v) is 4.04. The lowest BCUT2D eigenvalue weighted by molar-refractivity contribution is -0.144. The first-order valence-electron chi connectivity index (χ1n) is 6.98. The Kier molecular flexibility index (Phi) is 4.58. The van der Waals surface area contributed by atoms with Crippen molar-refractivity contribution in [1.82, 2.24) is 9.80 Å². The van der Waals surface area contributed by atoms with Gasteiger partial charge in [-0.1, -0.05) is 6.08 Å². The van der Waals surface area contributed by atoms with E-state index in [1.165, 1.54) is 0 Å². The van der Waals surface area contributed by atoms with Crippen molar-refractivity contribution >= 4 is 11.9 Å². The first-order valence-corrected chi connectivity index (χ1v) is 6.98. The van der Waals surface area contributed by atoms with Crippen molar-refractivity contribution in [3.8, 4) is 0 Å². The van der Waals surface area contributed by atoms with Crippen LogP contribution in [0.15, 0.2) is 11.8 Å². The van der Waals surface area contributed by atoms with Crippen LogP contribution in [0.4, 0.5) is 0 Å². The number of rotatable bonds is 4. The molecule has 2 rings (SSSR count). The van der Waals surface area contributed by atoms with E-state index >= 15 is 0 Å². The van der Waals surface area contributed by atoms with Crippen LogP contribution in [0, 0.1) is 5.92 Å². The number of piperidine rings is 1.